The molecule has 118 valence electrons. The maximum absolute atomic E-state index is 12.2. The summed E-state index contributed by atoms with van der Waals surface area (Å²) >= 11 is 3.22. The van der Waals surface area contributed by atoms with Crippen LogP contribution in [0.2, 0.25) is 0 Å². The van der Waals surface area contributed by atoms with Crippen molar-refractivity contribution in [3.8, 4) is 0 Å². The Kier molecular flexibility index (Phi) is 7.34. The van der Waals surface area contributed by atoms with Crippen LogP contribution in [0.3, 0.4) is 0 Å². The number of rotatable bonds is 9. The number of nitrogens with one attached hydrogen (secondary N) is 1. The van der Waals surface area contributed by atoms with Gasteiger partial charge in [0.25, 0.3) is 0 Å². The molecule has 0 aliphatic carbocycles. The number of hydrogen-bond acceptors (Lipinski definition) is 3. The van der Waals surface area contributed by atoms with Crippen LogP contribution in [0.1, 0.15) is 32.6 Å². The van der Waals surface area contributed by atoms with Crippen molar-refractivity contribution in [3.05, 3.63) is 28.7 Å². The Balaban J connectivity index is 2.54. The molecule has 0 amide bonds. The molecule has 1 unspecified atom stereocenters. The molecule has 0 aliphatic rings. The molecule has 1 aromatic rings. The van der Waals surface area contributed by atoms with Crippen LogP contribution >= 0.6 is 15.9 Å². The number of sulfonamides is 1. The van der Waals surface area contributed by atoms with E-state index in [1.54, 1.807) is 18.2 Å². The van der Waals surface area contributed by atoms with E-state index in [2.05, 4.69) is 20.7 Å². The highest BCUT2D eigenvalue weighted by Crippen LogP contribution is 2.21. The van der Waals surface area contributed by atoms with Gasteiger partial charge < -0.3 is 5.11 Å². The molecule has 0 heterocycles. The monoisotopic (exact) mass is 377 g/mol. The van der Waals surface area contributed by atoms with E-state index in [9.17, 15) is 13.2 Å². The van der Waals surface area contributed by atoms with Gasteiger partial charge >= 0.3 is 5.97 Å². The van der Waals surface area contributed by atoms with Crippen molar-refractivity contribution >= 4 is 31.9 Å². The normalized spacial score (nSPS) is 13.0. The molecule has 7 heteroatoms. The second-order valence-electron chi connectivity index (χ2n) is 4.82. The van der Waals surface area contributed by atoms with E-state index >= 15 is 0 Å². The van der Waals surface area contributed by atoms with E-state index in [-0.39, 0.29) is 17.2 Å². The predicted octanol–water partition coefficient (Wildman–Crippen LogP) is 3.01. The van der Waals surface area contributed by atoms with Gasteiger partial charge in [-0.2, -0.15) is 0 Å². The topological polar surface area (TPSA) is 83.5 Å². The zero-order chi connectivity index (χ0) is 15.9. The smallest absolute Gasteiger partial charge is 0.303 e. The summed E-state index contributed by atoms with van der Waals surface area (Å²) in [4.78, 5) is 10.8. The summed E-state index contributed by atoms with van der Waals surface area (Å²) in [6.45, 7) is 2.29. The minimum absolute atomic E-state index is 0.121. The Morgan fingerprint density at radius 1 is 1.33 bits per heavy atom. The minimum Gasteiger partial charge on any atom is -0.481 e. The van der Waals surface area contributed by atoms with Gasteiger partial charge in [0.2, 0.25) is 10.0 Å². The third kappa shape index (κ3) is 6.15. The van der Waals surface area contributed by atoms with Gasteiger partial charge in [0.15, 0.2) is 0 Å². The summed E-state index contributed by atoms with van der Waals surface area (Å²) < 4.78 is 27.4. The molecule has 0 fully saturated rings. The number of halogens is 1. The average Bonchev–Trinajstić information content (AvgIpc) is 2.42. The van der Waals surface area contributed by atoms with Crippen molar-refractivity contribution < 1.29 is 18.3 Å². The molecule has 0 spiro atoms. The van der Waals surface area contributed by atoms with Gasteiger partial charge in [-0.1, -0.05) is 25.5 Å². The Morgan fingerprint density at radius 2 is 2.00 bits per heavy atom. The molecule has 2 N–H and O–H groups in total. The molecule has 1 rings (SSSR count). The second-order valence-corrected chi connectivity index (χ2v) is 7.41. The molecule has 0 radical (unpaired) electrons. The second kappa shape index (κ2) is 8.51. The van der Waals surface area contributed by atoms with Crippen LogP contribution in [0.4, 0.5) is 0 Å². The number of carboxylic acids is 1. The highest BCUT2D eigenvalue weighted by atomic mass is 79.9. The first-order valence-electron chi connectivity index (χ1n) is 6.82. The fourth-order valence-corrected chi connectivity index (χ4v) is 4.07. The lowest BCUT2D eigenvalue weighted by molar-refractivity contribution is -0.137. The van der Waals surface area contributed by atoms with Gasteiger partial charge in [-0.3, -0.25) is 4.79 Å². The molecule has 5 nitrogen and oxygen atoms in total. The SMILES string of the molecule is CCC(CCNS(=O)(=O)c1ccccc1Br)CCC(=O)O. The predicted molar refractivity (Wildman–Crippen MR) is 84.6 cm³/mol. The molecule has 0 aliphatic heterocycles. The summed E-state index contributed by atoms with van der Waals surface area (Å²) in [5, 5.41) is 8.68. The largest absolute Gasteiger partial charge is 0.481 e. The molecule has 1 atom stereocenters. The van der Waals surface area contributed by atoms with Crippen molar-refractivity contribution in [2.24, 2.45) is 5.92 Å². The fourth-order valence-electron chi connectivity index (χ4n) is 2.02. The summed E-state index contributed by atoms with van der Waals surface area (Å²) in [5.74, 6) is -0.606. The Morgan fingerprint density at radius 3 is 2.57 bits per heavy atom. The van der Waals surface area contributed by atoms with Gasteiger partial charge in [0, 0.05) is 17.4 Å². The van der Waals surface area contributed by atoms with E-state index in [1.807, 2.05) is 6.92 Å². The van der Waals surface area contributed by atoms with Crippen molar-refractivity contribution in [3.63, 3.8) is 0 Å². The summed E-state index contributed by atoms with van der Waals surface area (Å²) in [5.41, 5.74) is 0. The van der Waals surface area contributed by atoms with E-state index < -0.39 is 16.0 Å². The standard InChI is InChI=1S/C14H20BrNO4S/c1-2-11(7-8-14(17)18)9-10-16-21(19,20)13-6-4-3-5-12(13)15/h3-6,11,16H,2,7-10H2,1H3,(H,17,18). The maximum atomic E-state index is 12.2. The molecule has 0 saturated heterocycles. The van der Waals surface area contributed by atoms with Crippen LogP contribution in [0, 0.1) is 5.92 Å². The van der Waals surface area contributed by atoms with Gasteiger partial charge in [-0.05, 0) is 46.8 Å². The Hall–Kier alpha value is -0.920. The quantitative estimate of drug-likeness (QED) is 0.692. The van der Waals surface area contributed by atoms with Gasteiger partial charge in [0.1, 0.15) is 0 Å². The molecule has 0 bridgehead atoms. The van der Waals surface area contributed by atoms with Crippen molar-refractivity contribution in [2.75, 3.05) is 6.54 Å². The molecule has 0 saturated carbocycles. The first-order valence-corrected chi connectivity index (χ1v) is 9.10. The Bertz CT molecular complexity index is 574. The van der Waals surface area contributed by atoms with Gasteiger partial charge in [-0.15, -0.1) is 0 Å². The van der Waals surface area contributed by atoms with E-state index in [1.165, 1.54) is 6.07 Å². The Labute approximate surface area is 133 Å². The van der Waals surface area contributed by atoms with Gasteiger partial charge in [-0.25, -0.2) is 13.1 Å². The van der Waals surface area contributed by atoms with Crippen LogP contribution < -0.4 is 4.72 Å². The third-order valence-corrected chi connectivity index (χ3v) is 5.79. The van der Waals surface area contributed by atoms with Crippen LogP contribution in [-0.2, 0) is 14.8 Å². The molecular weight excluding hydrogens is 358 g/mol. The lowest BCUT2D eigenvalue weighted by Crippen LogP contribution is -2.26. The summed E-state index contributed by atoms with van der Waals surface area (Å²) in [7, 11) is -3.54. The average molecular weight is 378 g/mol. The first-order chi connectivity index (χ1) is 9.86. The van der Waals surface area contributed by atoms with Crippen molar-refractivity contribution in [1.29, 1.82) is 0 Å². The molecule has 0 aromatic heterocycles. The minimum atomic E-state index is -3.54. The van der Waals surface area contributed by atoms with E-state index in [4.69, 9.17) is 5.11 Å². The number of aliphatic carboxylic acids is 1. The maximum Gasteiger partial charge on any atom is 0.303 e. The number of carboxylic acid groups (broad SMARTS) is 1. The van der Waals surface area contributed by atoms with Gasteiger partial charge in [0.05, 0.1) is 4.90 Å². The lowest BCUT2D eigenvalue weighted by atomic mass is 9.97. The van der Waals surface area contributed by atoms with E-state index in [0.717, 1.165) is 6.42 Å². The zero-order valence-corrected chi connectivity index (χ0v) is 14.3. The van der Waals surface area contributed by atoms with E-state index in [0.29, 0.717) is 23.9 Å². The van der Waals surface area contributed by atoms with Crippen LogP contribution in [-0.4, -0.2) is 26.0 Å². The fraction of sp³-hybridized carbons (Fsp3) is 0.500. The molecular formula is C14H20BrNO4S. The number of hydrogen-bond donors (Lipinski definition) is 2. The van der Waals surface area contributed by atoms with Crippen LogP contribution in [0.25, 0.3) is 0 Å². The highest BCUT2D eigenvalue weighted by Gasteiger charge is 2.17. The third-order valence-electron chi connectivity index (χ3n) is 3.31. The van der Waals surface area contributed by atoms with Crippen LogP contribution in [0.5, 0.6) is 0 Å². The zero-order valence-electron chi connectivity index (χ0n) is 11.9. The van der Waals surface area contributed by atoms with Crippen molar-refractivity contribution in [1.82, 2.24) is 4.72 Å². The van der Waals surface area contributed by atoms with Crippen LogP contribution in [0.15, 0.2) is 33.6 Å². The first kappa shape index (κ1) is 18.1. The summed E-state index contributed by atoms with van der Waals surface area (Å²) in [6, 6.07) is 6.63. The van der Waals surface area contributed by atoms with Crippen molar-refractivity contribution in [2.45, 2.75) is 37.5 Å². The number of benzene rings is 1. The molecule has 1 aromatic carbocycles. The molecule has 21 heavy (non-hydrogen) atoms. The number of carbonyl (C=O) groups is 1. The highest BCUT2D eigenvalue weighted by molar-refractivity contribution is 9.10. The lowest BCUT2D eigenvalue weighted by Gasteiger charge is -2.14. The summed E-state index contributed by atoms with van der Waals surface area (Å²) in [6.07, 6.45) is 2.16.